The fraction of sp³-hybridized carbons (Fsp3) is 0.500. The van der Waals surface area contributed by atoms with Crippen LogP contribution in [-0.4, -0.2) is 10.1 Å². The molecule has 4 nitrogen and oxygen atoms in total. The number of nitrogens with one attached hydrogen (secondary N) is 1. The van der Waals surface area contributed by atoms with Gasteiger partial charge in [-0.15, -0.1) is 0 Å². The molecule has 0 aliphatic heterocycles. The Labute approximate surface area is 120 Å². The van der Waals surface area contributed by atoms with E-state index in [1.165, 1.54) is 16.7 Å². The molecular formula is C16H23N3O. The second-order valence-electron chi connectivity index (χ2n) is 5.77. The van der Waals surface area contributed by atoms with E-state index in [1.54, 1.807) is 0 Å². The lowest BCUT2D eigenvalue weighted by Gasteiger charge is -2.23. The summed E-state index contributed by atoms with van der Waals surface area (Å²) in [5, 5.41) is 7.57. The smallest absolute Gasteiger partial charge is 0.226 e. The Morgan fingerprint density at radius 3 is 2.65 bits per heavy atom. The first kappa shape index (κ1) is 14.7. The van der Waals surface area contributed by atoms with E-state index in [4.69, 9.17) is 4.52 Å². The molecule has 1 aromatic carbocycles. The minimum Gasteiger partial charge on any atom is -0.339 e. The monoisotopic (exact) mass is 273 g/mol. The van der Waals surface area contributed by atoms with Crippen LogP contribution in [0, 0.1) is 13.8 Å². The third kappa shape index (κ3) is 3.25. The predicted octanol–water partition coefficient (Wildman–Crippen LogP) is 3.27. The molecule has 0 radical (unpaired) electrons. The fourth-order valence-corrected chi connectivity index (χ4v) is 2.04. The highest BCUT2D eigenvalue weighted by molar-refractivity contribution is 5.30. The molecule has 0 saturated heterocycles. The van der Waals surface area contributed by atoms with Crippen LogP contribution in [0.3, 0.4) is 0 Å². The maximum atomic E-state index is 5.19. The number of aryl methyl sites for hydroxylation is 3. The van der Waals surface area contributed by atoms with E-state index in [-0.39, 0.29) is 5.54 Å². The molecule has 0 saturated carbocycles. The highest BCUT2D eigenvalue weighted by Gasteiger charge is 2.26. The first-order chi connectivity index (χ1) is 9.42. The first-order valence-electron chi connectivity index (χ1n) is 7.06. The number of benzene rings is 1. The maximum Gasteiger partial charge on any atom is 0.226 e. The van der Waals surface area contributed by atoms with Gasteiger partial charge in [-0.25, -0.2) is 0 Å². The SMILES string of the molecule is CCc1nc(C(C)(C)NCc2cc(C)ccc2C)no1. The van der Waals surface area contributed by atoms with Crippen LogP contribution < -0.4 is 5.32 Å². The van der Waals surface area contributed by atoms with Crippen LogP contribution in [0.4, 0.5) is 0 Å². The van der Waals surface area contributed by atoms with E-state index in [2.05, 4.69) is 61.4 Å². The van der Waals surface area contributed by atoms with Crippen LogP contribution in [0.2, 0.25) is 0 Å². The van der Waals surface area contributed by atoms with Gasteiger partial charge in [0.15, 0.2) is 5.82 Å². The van der Waals surface area contributed by atoms with Crippen molar-refractivity contribution >= 4 is 0 Å². The van der Waals surface area contributed by atoms with Crippen LogP contribution >= 0.6 is 0 Å². The lowest BCUT2D eigenvalue weighted by Crippen LogP contribution is -2.37. The number of nitrogens with zero attached hydrogens (tertiary/aromatic N) is 2. The molecule has 0 aliphatic rings. The van der Waals surface area contributed by atoms with Crippen molar-refractivity contribution in [2.75, 3.05) is 0 Å². The molecule has 0 unspecified atom stereocenters. The van der Waals surface area contributed by atoms with Gasteiger partial charge in [-0.05, 0) is 38.8 Å². The van der Waals surface area contributed by atoms with Gasteiger partial charge in [0.05, 0.1) is 5.54 Å². The van der Waals surface area contributed by atoms with Gasteiger partial charge in [0.25, 0.3) is 0 Å². The molecule has 1 heterocycles. The molecule has 108 valence electrons. The summed E-state index contributed by atoms with van der Waals surface area (Å²) < 4.78 is 5.19. The normalized spacial score (nSPS) is 11.8. The predicted molar refractivity (Wildman–Crippen MR) is 79.5 cm³/mol. The minimum atomic E-state index is -0.312. The highest BCUT2D eigenvalue weighted by atomic mass is 16.5. The van der Waals surface area contributed by atoms with Crippen molar-refractivity contribution in [1.82, 2.24) is 15.5 Å². The lowest BCUT2D eigenvalue weighted by molar-refractivity contribution is 0.333. The van der Waals surface area contributed by atoms with Crippen LogP contribution in [0.25, 0.3) is 0 Å². The summed E-state index contributed by atoms with van der Waals surface area (Å²) in [5.41, 5.74) is 3.56. The second kappa shape index (κ2) is 5.75. The Morgan fingerprint density at radius 1 is 1.25 bits per heavy atom. The number of hydrogen-bond acceptors (Lipinski definition) is 4. The Bertz CT molecular complexity index is 587. The van der Waals surface area contributed by atoms with E-state index in [9.17, 15) is 0 Å². The average Bonchev–Trinajstić information content (AvgIpc) is 2.89. The summed E-state index contributed by atoms with van der Waals surface area (Å²) in [6, 6.07) is 6.51. The number of hydrogen-bond donors (Lipinski definition) is 1. The Morgan fingerprint density at radius 2 is 2.00 bits per heavy atom. The largest absolute Gasteiger partial charge is 0.339 e. The molecule has 0 fully saturated rings. The quantitative estimate of drug-likeness (QED) is 0.908. The summed E-state index contributed by atoms with van der Waals surface area (Å²) >= 11 is 0. The van der Waals surface area contributed by atoms with Gasteiger partial charge in [0.2, 0.25) is 5.89 Å². The van der Waals surface area contributed by atoms with Crippen molar-refractivity contribution in [3.63, 3.8) is 0 Å². The van der Waals surface area contributed by atoms with Crippen molar-refractivity contribution in [2.24, 2.45) is 0 Å². The Balaban J connectivity index is 2.10. The average molecular weight is 273 g/mol. The molecule has 0 aliphatic carbocycles. The molecule has 4 heteroatoms. The van der Waals surface area contributed by atoms with Gasteiger partial charge >= 0.3 is 0 Å². The summed E-state index contributed by atoms with van der Waals surface area (Å²) in [5.74, 6) is 1.39. The van der Waals surface area contributed by atoms with Crippen LogP contribution in [0.5, 0.6) is 0 Å². The van der Waals surface area contributed by atoms with Crippen LogP contribution in [-0.2, 0) is 18.5 Å². The third-order valence-electron chi connectivity index (χ3n) is 3.55. The second-order valence-corrected chi connectivity index (χ2v) is 5.77. The molecule has 20 heavy (non-hydrogen) atoms. The molecule has 0 bridgehead atoms. The fourth-order valence-electron chi connectivity index (χ4n) is 2.04. The van der Waals surface area contributed by atoms with Crippen LogP contribution in [0.15, 0.2) is 22.7 Å². The lowest BCUT2D eigenvalue weighted by atomic mass is 10.0. The Kier molecular flexibility index (Phi) is 4.23. The maximum absolute atomic E-state index is 5.19. The molecule has 2 aromatic rings. The van der Waals surface area contributed by atoms with Gasteiger partial charge < -0.3 is 9.84 Å². The number of rotatable bonds is 5. The molecule has 0 spiro atoms. The number of aromatic nitrogens is 2. The standard InChI is InChI=1S/C16H23N3O/c1-6-14-18-15(19-20-14)16(4,5)17-10-13-9-11(2)7-8-12(13)3/h7-9,17H,6,10H2,1-5H3. The van der Waals surface area contributed by atoms with Gasteiger partial charge in [-0.1, -0.05) is 35.8 Å². The van der Waals surface area contributed by atoms with Gasteiger partial charge in [-0.2, -0.15) is 4.98 Å². The van der Waals surface area contributed by atoms with E-state index >= 15 is 0 Å². The van der Waals surface area contributed by atoms with Gasteiger partial charge in [0.1, 0.15) is 0 Å². The topological polar surface area (TPSA) is 51.0 Å². The van der Waals surface area contributed by atoms with E-state index in [0.29, 0.717) is 11.7 Å². The zero-order valence-corrected chi connectivity index (χ0v) is 12.9. The summed E-state index contributed by atoms with van der Waals surface area (Å²) in [6.45, 7) is 11.2. The van der Waals surface area contributed by atoms with E-state index < -0.39 is 0 Å². The zero-order valence-electron chi connectivity index (χ0n) is 12.9. The summed E-state index contributed by atoms with van der Waals surface area (Å²) in [6.07, 6.45) is 0.764. The van der Waals surface area contributed by atoms with Crippen LogP contribution in [0.1, 0.15) is 49.2 Å². The highest BCUT2D eigenvalue weighted by Crippen LogP contribution is 2.19. The minimum absolute atomic E-state index is 0.312. The molecule has 0 amide bonds. The first-order valence-corrected chi connectivity index (χ1v) is 7.06. The zero-order chi connectivity index (χ0) is 14.8. The van der Waals surface area contributed by atoms with Crippen molar-refractivity contribution in [3.05, 3.63) is 46.6 Å². The van der Waals surface area contributed by atoms with Gasteiger partial charge in [0, 0.05) is 13.0 Å². The van der Waals surface area contributed by atoms with Crippen molar-refractivity contribution in [3.8, 4) is 0 Å². The Hall–Kier alpha value is -1.68. The third-order valence-corrected chi connectivity index (χ3v) is 3.55. The summed E-state index contributed by atoms with van der Waals surface area (Å²) in [7, 11) is 0. The van der Waals surface area contributed by atoms with E-state index in [1.807, 2.05) is 6.92 Å². The summed E-state index contributed by atoms with van der Waals surface area (Å²) in [4.78, 5) is 4.41. The van der Waals surface area contributed by atoms with Gasteiger partial charge in [-0.3, -0.25) is 0 Å². The van der Waals surface area contributed by atoms with Crippen molar-refractivity contribution in [2.45, 2.75) is 53.1 Å². The van der Waals surface area contributed by atoms with E-state index in [0.717, 1.165) is 13.0 Å². The molecule has 0 atom stereocenters. The molecule has 1 aromatic heterocycles. The van der Waals surface area contributed by atoms with Crippen molar-refractivity contribution in [1.29, 1.82) is 0 Å². The molecular weight excluding hydrogens is 250 g/mol. The van der Waals surface area contributed by atoms with Crippen molar-refractivity contribution < 1.29 is 4.52 Å². The molecule has 2 rings (SSSR count). The molecule has 1 N–H and O–H groups in total.